The lowest BCUT2D eigenvalue weighted by Crippen LogP contribution is -2.38. The van der Waals surface area contributed by atoms with Crippen LogP contribution in [0.2, 0.25) is 0 Å². The highest BCUT2D eigenvalue weighted by Crippen LogP contribution is 2.57. The molecular weight excluding hydrogens is 599 g/mol. The second kappa shape index (κ2) is 10.3. The van der Waals surface area contributed by atoms with Crippen molar-refractivity contribution in [1.82, 2.24) is 4.57 Å². The van der Waals surface area contributed by atoms with E-state index in [-0.39, 0.29) is 17.4 Å². The number of para-hydroxylation sites is 2. The Morgan fingerprint density at radius 3 is 2.47 bits per heavy atom. The van der Waals surface area contributed by atoms with Crippen molar-refractivity contribution < 1.29 is 8.98 Å². The number of furan rings is 1. The van der Waals surface area contributed by atoms with Crippen molar-refractivity contribution in [1.29, 1.82) is 0 Å². The summed E-state index contributed by atoms with van der Waals surface area (Å²) in [5, 5.41) is 2.44. The highest BCUT2D eigenvalue weighted by molar-refractivity contribution is 6.11. The summed E-state index contributed by atoms with van der Waals surface area (Å²) in [5.41, 5.74) is 17.2. The molecule has 4 heteroatoms. The molecule has 4 aromatic carbocycles. The summed E-state index contributed by atoms with van der Waals surface area (Å²) in [6, 6.07) is 27.2. The molecule has 0 amide bonds. The van der Waals surface area contributed by atoms with Gasteiger partial charge in [0.25, 0.3) is 0 Å². The van der Waals surface area contributed by atoms with E-state index in [2.05, 4.69) is 109 Å². The summed E-state index contributed by atoms with van der Waals surface area (Å²) in [6.07, 6.45) is 9.39. The van der Waals surface area contributed by atoms with Crippen LogP contribution in [0.1, 0.15) is 80.2 Å². The number of aliphatic imine (C=N–C) groups is 1. The fourth-order valence-corrected chi connectivity index (χ4v) is 9.53. The van der Waals surface area contributed by atoms with Gasteiger partial charge in [-0.2, -0.15) is 9.13 Å². The Morgan fingerprint density at radius 2 is 1.67 bits per heavy atom. The summed E-state index contributed by atoms with van der Waals surface area (Å²) in [6.45, 7) is 16.0. The Morgan fingerprint density at radius 1 is 0.918 bits per heavy atom. The van der Waals surface area contributed by atoms with Crippen molar-refractivity contribution >= 4 is 50.1 Å². The molecule has 2 unspecified atom stereocenters. The lowest BCUT2D eigenvalue weighted by Gasteiger charge is -2.32. The smallest absolute Gasteiger partial charge is 0.303 e. The van der Waals surface area contributed by atoms with Crippen molar-refractivity contribution in [3.05, 3.63) is 125 Å². The molecule has 0 spiro atoms. The zero-order valence-corrected chi connectivity index (χ0v) is 28.8. The fraction of sp³-hybridized carbons (Fsp3) is 0.289. The highest BCUT2D eigenvalue weighted by Gasteiger charge is 2.51. The molecule has 0 saturated carbocycles. The van der Waals surface area contributed by atoms with Crippen LogP contribution in [0, 0.1) is 5.41 Å². The number of aromatic nitrogens is 2. The second-order valence-electron chi connectivity index (χ2n) is 15.3. The van der Waals surface area contributed by atoms with Gasteiger partial charge >= 0.3 is 5.82 Å². The van der Waals surface area contributed by atoms with E-state index in [0.29, 0.717) is 0 Å². The third kappa shape index (κ3) is 4.03. The average Bonchev–Trinajstić information content (AvgIpc) is 3.38. The number of imidazole rings is 1. The predicted molar refractivity (Wildman–Crippen MR) is 202 cm³/mol. The number of nitrogens with zero attached hydrogens (tertiary/aromatic N) is 3. The summed E-state index contributed by atoms with van der Waals surface area (Å²) in [5.74, 6) is 1.42. The largest absolute Gasteiger partial charge is 0.455 e. The van der Waals surface area contributed by atoms with Crippen LogP contribution in [0.25, 0.3) is 55.8 Å². The van der Waals surface area contributed by atoms with Gasteiger partial charge in [0.2, 0.25) is 0 Å². The van der Waals surface area contributed by atoms with Crippen LogP contribution in [-0.4, -0.2) is 16.3 Å². The van der Waals surface area contributed by atoms with Gasteiger partial charge in [-0.3, -0.25) is 4.99 Å². The molecule has 0 fully saturated rings. The lowest BCUT2D eigenvalue weighted by molar-refractivity contribution is -0.542. The van der Waals surface area contributed by atoms with Gasteiger partial charge in [-0.05, 0) is 117 Å². The van der Waals surface area contributed by atoms with Crippen LogP contribution in [0.5, 0.6) is 0 Å². The Hall–Kier alpha value is -4.96. The molecule has 0 saturated heterocycles. The molecule has 4 aliphatic rings. The molecule has 2 aliphatic carbocycles. The van der Waals surface area contributed by atoms with Crippen LogP contribution in [-0.2, 0) is 19.3 Å². The first-order valence-electron chi connectivity index (χ1n) is 18.1. The maximum Gasteiger partial charge on any atom is 0.303 e. The van der Waals surface area contributed by atoms with Gasteiger partial charge in [0.15, 0.2) is 16.6 Å². The maximum atomic E-state index is 7.09. The van der Waals surface area contributed by atoms with E-state index in [4.69, 9.17) is 16.0 Å². The van der Waals surface area contributed by atoms with Crippen molar-refractivity contribution in [3.8, 4) is 11.4 Å². The topological polar surface area (TPSA) is 34.3 Å². The zero-order valence-electron chi connectivity index (χ0n) is 28.8. The van der Waals surface area contributed by atoms with Crippen molar-refractivity contribution in [2.75, 3.05) is 0 Å². The summed E-state index contributed by atoms with van der Waals surface area (Å²) in [4.78, 5) is 5.39. The zero-order chi connectivity index (χ0) is 33.2. The van der Waals surface area contributed by atoms with Gasteiger partial charge in [-0.15, -0.1) is 0 Å². The first-order valence-corrected chi connectivity index (χ1v) is 18.1. The third-order valence-corrected chi connectivity index (χ3v) is 12.3. The van der Waals surface area contributed by atoms with Crippen LogP contribution >= 0.6 is 0 Å². The van der Waals surface area contributed by atoms with Gasteiger partial charge in [0.05, 0.1) is 17.2 Å². The van der Waals surface area contributed by atoms with E-state index in [9.17, 15) is 0 Å². The van der Waals surface area contributed by atoms with Gasteiger partial charge in [-0.1, -0.05) is 61.7 Å². The summed E-state index contributed by atoms with van der Waals surface area (Å²) >= 11 is 0. The van der Waals surface area contributed by atoms with E-state index in [1.807, 2.05) is 6.08 Å². The quantitative estimate of drug-likeness (QED) is 0.173. The number of rotatable bonds is 2. The lowest BCUT2D eigenvalue weighted by atomic mass is 9.78. The molecule has 0 N–H and O–H groups in total. The molecule has 242 valence electrons. The van der Waals surface area contributed by atoms with E-state index in [1.54, 1.807) is 0 Å². The number of hydrogen-bond donors (Lipinski definition) is 0. The minimum atomic E-state index is 0.00902. The van der Waals surface area contributed by atoms with Gasteiger partial charge in [0, 0.05) is 28.7 Å². The maximum absolute atomic E-state index is 7.09. The Balaban J connectivity index is 1.30. The number of aryl methyl sites for hydroxylation is 3. The minimum Gasteiger partial charge on any atom is -0.455 e. The molecule has 4 nitrogen and oxygen atoms in total. The first kappa shape index (κ1) is 29.0. The molecule has 4 heterocycles. The van der Waals surface area contributed by atoms with Crippen LogP contribution < -0.4 is 4.57 Å². The van der Waals surface area contributed by atoms with Crippen LogP contribution in [0.4, 0.5) is 0 Å². The van der Waals surface area contributed by atoms with Crippen LogP contribution in [0.15, 0.2) is 107 Å². The SMILES string of the molecule is C=CC1=NC2CC(=C)[n+]3c(n(C4=C(C)C4(C)C)c4ccccc43)-c3c(ccc4c3oc3cc5c(cc34)CCCC5)CCC2c2ccccc21. The minimum absolute atomic E-state index is 0.00902. The van der Waals surface area contributed by atoms with Gasteiger partial charge in [-0.25, -0.2) is 0 Å². The predicted octanol–water partition coefficient (Wildman–Crippen LogP) is 10.6. The van der Waals surface area contributed by atoms with Gasteiger partial charge in [0.1, 0.15) is 22.5 Å². The van der Waals surface area contributed by atoms with E-state index in [1.165, 1.54) is 79.3 Å². The number of allylic oxidation sites excluding steroid dienone is 3. The second-order valence-corrected chi connectivity index (χ2v) is 15.3. The molecular formula is C45H42N3O+. The third-order valence-electron chi connectivity index (χ3n) is 12.3. The van der Waals surface area contributed by atoms with E-state index in [0.717, 1.165) is 60.5 Å². The Kier molecular flexibility index (Phi) is 6.08. The molecule has 0 bridgehead atoms. The van der Waals surface area contributed by atoms with E-state index < -0.39 is 0 Å². The molecule has 10 rings (SSSR count). The summed E-state index contributed by atoms with van der Waals surface area (Å²) < 4.78 is 12.1. The molecule has 6 aromatic rings. The standard InChI is InChI=1S/C45H42N3O/c1-6-36-32-16-10-9-15-31(32)33-21-19-28-20-22-34-35-24-29-13-7-8-14-30(29)25-40(35)49-42(34)41(28)44-47(26(2)23-37(33)46-36)38-17-11-12-18-39(38)48(44)43-27(3)45(43,4)5/h6,9-12,15-18,20,22,24-25,33,37H,1-2,7-8,13-14,19,21,23H2,3-5H3/q+1. The summed E-state index contributed by atoms with van der Waals surface area (Å²) in [7, 11) is 0. The Labute approximate surface area is 287 Å². The van der Waals surface area contributed by atoms with Crippen molar-refractivity contribution in [3.63, 3.8) is 0 Å². The first-order chi connectivity index (χ1) is 23.8. The number of benzene rings is 4. The molecule has 0 radical (unpaired) electrons. The average molecular weight is 641 g/mol. The van der Waals surface area contributed by atoms with Crippen molar-refractivity contribution in [2.24, 2.45) is 10.4 Å². The monoisotopic (exact) mass is 640 g/mol. The molecule has 2 atom stereocenters. The van der Waals surface area contributed by atoms with Crippen LogP contribution in [0.3, 0.4) is 0 Å². The molecule has 2 aromatic heterocycles. The number of fused-ring (bicyclic) bond motifs is 13. The highest BCUT2D eigenvalue weighted by atomic mass is 16.3. The fourth-order valence-electron chi connectivity index (χ4n) is 9.53. The van der Waals surface area contributed by atoms with Gasteiger partial charge < -0.3 is 4.42 Å². The molecule has 2 aliphatic heterocycles. The van der Waals surface area contributed by atoms with Crippen molar-refractivity contribution in [2.45, 2.75) is 77.7 Å². The molecule has 49 heavy (non-hydrogen) atoms. The normalized spacial score (nSPS) is 21.1. The van der Waals surface area contributed by atoms with E-state index >= 15 is 0 Å². The number of hydrogen-bond acceptors (Lipinski definition) is 2. The Bertz CT molecular complexity index is 2510.